The Bertz CT molecular complexity index is 553. The van der Waals surface area contributed by atoms with Crippen LogP contribution in [0.1, 0.15) is 18.9 Å². The topological polar surface area (TPSA) is 25.8 Å². The van der Waals surface area contributed by atoms with Gasteiger partial charge in [0, 0.05) is 17.2 Å². The Hall–Kier alpha value is -1.55. The summed E-state index contributed by atoms with van der Waals surface area (Å²) in [6, 6.07) is 3.30. The smallest absolute Gasteiger partial charge is 0.136 e. The second kappa shape index (κ2) is 5.40. The Morgan fingerprint density at radius 2 is 1.78 bits per heavy atom. The summed E-state index contributed by atoms with van der Waals surface area (Å²) in [7, 11) is 0. The molecule has 0 amide bonds. The number of nitrogens with zero attached hydrogens (tertiary/aromatic N) is 2. The summed E-state index contributed by atoms with van der Waals surface area (Å²) in [5.41, 5.74) is 1.57. The van der Waals surface area contributed by atoms with E-state index in [1.807, 2.05) is 6.92 Å². The predicted octanol–water partition coefficient (Wildman–Crippen LogP) is 4.03. The Morgan fingerprint density at radius 3 is 2.39 bits per heavy atom. The first kappa shape index (κ1) is 12.9. The fourth-order valence-electron chi connectivity index (χ4n) is 1.80. The van der Waals surface area contributed by atoms with E-state index in [2.05, 4.69) is 9.97 Å². The highest BCUT2D eigenvalue weighted by molar-refractivity contribution is 6.30. The summed E-state index contributed by atoms with van der Waals surface area (Å²) < 4.78 is 26.4. The first-order valence-electron chi connectivity index (χ1n) is 5.57. The van der Waals surface area contributed by atoms with Gasteiger partial charge >= 0.3 is 0 Å². The van der Waals surface area contributed by atoms with Crippen molar-refractivity contribution in [2.75, 3.05) is 0 Å². The summed E-state index contributed by atoms with van der Waals surface area (Å²) in [6.45, 7) is 1.99. The largest absolute Gasteiger partial charge is 0.236 e. The van der Waals surface area contributed by atoms with Crippen molar-refractivity contribution in [3.05, 3.63) is 46.9 Å². The molecule has 0 atom stereocenters. The highest BCUT2D eigenvalue weighted by Gasteiger charge is 2.12. The van der Waals surface area contributed by atoms with Gasteiger partial charge in [0.05, 0.1) is 5.69 Å². The Kier molecular flexibility index (Phi) is 3.87. The van der Waals surface area contributed by atoms with Crippen molar-refractivity contribution in [1.29, 1.82) is 0 Å². The number of hydrogen-bond donors (Lipinski definition) is 0. The molecule has 0 spiro atoms. The van der Waals surface area contributed by atoms with Crippen molar-refractivity contribution < 1.29 is 8.78 Å². The lowest BCUT2D eigenvalue weighted by molar-refractivity contribution is 0.584. The fraction of sp³-hybridized carbons (Fsp3) is 0.231. The van der Waals surface area contributed by atoms with E-state index in [1.165, 1.54) is 18.5 Å². The highest BCUT2D eigenvalue weighted by atomic mass is 35.5. The SMILES string of the molecule is CCCc1c(Cl)ncnc1-c1cc(F)cc(F)c1. The molecule has 1 heterocycles. The molecule has 1 aromatic heterocycles. The second-order valence-electron chi connectivity index (χ2n) is 3.90. The lowest BCUT2D eigenvalue weighted by Gasteiger charge is -2.09. The van der Waals surface area contributed by atoms with Gasteiger partial charge in [0.1, 0.15) is 23.1 Å². The Balaban J connectivity index is 2.59. The molecule has 2 rings (SSSR count). The molecule has 0 aliphatic carbocycles. The molecule has 2 nitrogen and oxygen atoms in total. The molecule has 0 N–H and O–H groups in total. The van der Waals surface area contributed by atoms with Crippen LogP contribution in [0.2, 0.25) is 5.15 Å². The van der Waals surface area contributed by atoms with Gasteiger partial charge in [-0.3, -0.25) is 0 Å². The van der Waals surface area contributed by atoms with E-state index in [0.717, 1.165) is 12.5 Å². The molecule has 0 bridgehead atoms. The van der Waals surface area contributed by atoms with Crippen LogP contribution in [0.4, 0.5) is 8.78 Å². The van der Waals surface area contributed by atoms with E-state index in [9.17, 15) is 8.78 Å². The molecule has 0 unspecified atom stereocenters. The first-order chi connectivity index (χ1) is 8.61. The monoisotopic (exact) mass is 268 g/mol. The van der Waals surface area contributed by atoms with Crippen LogP contribution >= 0.6 is 11.6 Å². The van der Waals surface area contributed by atoms with E-state index in [0.29, 0.717) is 28.4 Å². The standard InChI is InChI=1S/C13H11ClF2N2/c1-2-3-11-12(17-7-18-13(11)14)8-4-9(15)6-10(16)5-8/h4-7H,2-3H2,1H3. The van der Waals surface area contributed by atoms with Crippen molar-refractivity contribution in [2.24, 2.45) is 0 Å². The van der Waals surface area contributed by atoms with Gasteiger partial charge in [-0.2, -0.15) is 0 Å². The molecular formula is C13H11ClF2N2. The normalized spacial score (nSPS) is 10.7. The zero-order valence-electron chi connectivity index (χ0n) is 9.75. The van der Waals surface area contributed by atoms with Crippen LogP contribution < -0.4 is 0 Å². The summed E-state index contributed by atoms with van der Waals surface area (Å²) >= 11 is 6.00. The molecule has 0 saturated heterocycles. The summed E-state index contributed by atoms with van der Waals surface area (Å²) in [5, 5.41) is 0.325. The second-order valence-corrected chi connectivity index (χ2v) is 4.26. The average Bonchev–Trinajstić information content (AvgIpc) is 2.30. The quantitative estimate of drug-likeness (QED) is 0.786. The number of halogens is 3. The molecule has 5 heteroatoms. The zero-order chi connectivity index (χ0) is 13.1. The van der Waals surface area contributed by atoms with Crippen molar-refractivity contribution in [3.63, 3.8) is 0 Å². The number of aromatic nitrogens is 2. The molecule has 18 heavy (non-hydrogen) atoms. The minimum Gasteiger partial charge on any atom is -0.236 e. The van der Waals surface area contributed by atoms with Crippen molar-refractivity contribution in [3.8, 4) is 11.3 Å². The van der Waals surface area contributed by atoms with Gasteiger partial charge in [-0.15, -0.1) is 0 Å². The number of rotatable bonds is 3. The third kappa shape index (κ3) is 2.64. The lowest BCUT2D eigenvalue weighted by Crippen LogP contribution is -1.97. The van der Waals surface area contributed by atoms with E-state index in [4.69, 9.17) is 11.6 Å². The third-order valence-corrected chi connectivity index (χ3v) is 2.85. The summed E-state index contributed by atoms with van der Waals surface area (Å²) in [4.78, 5) is 7.98. The molecule has 2 aromatic rings. The van der Waals surface area contributed by atoms with Crippen molar-refractivity contribution in [2.45, 2.75) is 19.8 Å². The van der Waals surface area contributed by atoms with Gasteiger partial charge < -0.3 is 0 Å². The molecule has 0 saturated carbocycles. The Morgan fingerprint density at radius 1 is 1.11 bits per heavy atom. The predicted molar refractivity (Wildman–Crippen MR) is 66.4 cm³/mol. The van der Waals surface area contributed by atoms with E-state index in [1.54, 1.807) is 0 Å². The lowest BCUT2D eigenvalue weighted by atomic mass is 10.0. The molecule has 94 valence electrons. The first-order valence-corrected chi connectivity index (χ1v) is 5.95. The Labute approximate surface area is 109 Å². The van der Waals surface area contributed by atoms with Crippen LogP contribution in [-0.2, 0) is 6.42 Å². The van der Waals surface area contributed by atoms with Gasteiger partial charge in [0.25, 0.3) is 0 Å². The number of hydrogen-bond acceptors (Lipinski definition) is 2. The maximum Gasteiger partial charge on any atom is 0.136 e. The van der Waals surface area contributed by atoms with E-state index >= 15 is 0 Å². The molecular weight excluding hydrogens is 258 g/mol. The zero-order valence-corrected chi connectivity index (χ0v) is 10.5. The average molecular weight is 269 g/mol. The van der Waals surface area contributed by atoms with Gasteiger partial charge in [-0.25, -0.2) is 18.7 Å². The van der Waals surface area contributed by atoms with Gasteiger partial charge in [-0.05, 0) is 18.6 Å². The maximum atomic E-state index is 13.2. The number of benzene rings is 1. The minimum atomic E-state index is -0.637. The molecule has 1 aromatic carbocycles. The van der Waals surface area contributed by atoms with Gasteiger partial charge in [0.15, 0.2) is 0 Å². The summed E-state index contributed by atoms with van der Waals surface area (Å²) in [6.07, 6.45) is 2.80. The fourth-order valence-corrected chi connectivity index (χ4v) is 2.03. The molecule has 0 radical (unpaired) electrons. The maximum absolute atomic E-state index is 13.2. The van der Waals surface area contributed by atoms with Crippen LogP contribution in [0.15, 0.2) is 24.5 Å². The molecule has 0 aliphatic heterocycles. The minimum absolute atomic E-state index is 0.325. The molecule has 0 fully saturated rings. The summed E-state index contributed by atoms with van der Waals surface area (Å²) in [5.74, 6) is -1.27. The van der Waals surface area contributed by atoms with Crippen molar-refractivity contribution in [1.82, 2.24) is 9.97 Å². The van der Waals surface area contributed by atoms with Gasteiger partial charge in [-0.1, -0.05) is 24.9 Å². The van der Waals surface area contributed by atoms with Crippen LogP contribution in [0.5, 0.6) is 0 Å². The van der Waals surface area contributed by atoms with Crippen LogP contribution in [0.3, 0.4) is 0 Å². The molecule has 0 aliphatic rings. The van der Waals surface area contributed by atoms with Crippen LogP contribution in [-0.4, -0.2) is 9.97 Å². The van der Waals surface area contributed by atoms with Crippen LogP contribution in [0.25, 0.3) is 11.3 Å². The highest BCUT2D eigenvalue weighted by Crippen LogP contribution is 2.27. The van der Waals surface area contributed by atoms with Crippen LogP contribution in [0, 0.1) is 11.6 Å². The van der Waals surface area contributed by atoms with E-state index in [-0.39, 0.29) is 0 Å². The van der Waals surface area contributed by atoms with Crippen molar-refractivity contribution >= 4 is 11.6 Å². The van der Waals surface area contributed by atoms with Gasteiger partial charge in [0.2, 0.25) is 0 Å². The van der Waals surface area contributed by atoms with E-state index < -0.39 is 11.6 Å². The third-order valence-electron chi connectivity index (χ3n) is 2.53.